The molecule has 5 heteroatoms. The highest BCUT2D eigenvalue weighted by molar-refractivity contribution is 7.00. The topological polar surface area (TPSA) is 32.8 Å². The Bertz CT molecular complexity index is 2960. The lowest BCUT2D eigenvalue weighted by molar-refractivity contribution is 0.590. The molecule has 0 saturated heterocycles. The standard InChI is InChI=1S/C54H53BN2O2/c1-32-27-34(41-31-58-46-18-13-12-15-39(41)46)28-33(2)49(32)57-45-17-14-16-44-48(45)55(51-50(57)40-29-36(53(6,7)8)22-26-47(40)59-51)42-30-37(54(9,10)11)21-25-43(42)56(44)38-23-19-35(20-24-38)52(3,4)5/h12-31H,1-11H3. The molecule has 2 aliphatic rings. The monoisotopic (exact) mass is 772 g/mol. The molecular formula is C54H53BN2O2. The summed E-state index contributed by atoms with van der Waals surface area (Å²) in [5.74, 6) is 0. The van der Waals surface area contributed by atoms with Crippen LogP contribution < -0.4 is 26.4 Å². The molecule has 2 aromatic heterocycles. The number of aryl methyl sites for hydroxylation is 2. The lowest BCUT2D eigenvalue weighted by atomic mass is 9.35. The molecule has 0 saturated carbocycles. The van der Waals surface area contributed by atoms with E-state index < -0.39 is 0 Å². The van der Waals surface area contributed by atoms with Crippen LogP contribution in [-0.4, -0.2) is 6.71 Å². The molecule has 59 heavy (non-hydrogen) atoms. The van der Waals surface area contributed by atoms with E-state index >= 15 is 0 Å². The van der Waals surface area contributed by atoms with Crippen molar-refractivity contribution in [2.45, 2.75) is 92.4 Å². The van der Waals surface area contributed by atoms with Gasteiger partial charge in [-0.25, -0.2) is 0 Å². The summed E-state index contributed by atoms with van der Waals surface area (Å²) < 4.78 is 13.3. The first-order valence-electron chi connectivity index (χ1n) is 21.1. The summed E-state index contributed by atoms with van der Waals surface area (Å²) in [5, 5.41) is 2.26. The molecule has 10 rings (SSSR count). The lowest BCUT2D eigenvalue weighted by Crippen LogP contribution is -2.61. The molecular weight excluding hydrogens is 719 g/mol. The zero-order valence-electron chi connectivity index (χ0n) is 36.3. The zero-order chi connectivity index (χ0) is 41.3. The van der Waals surface area contributed by atoms with Gasteiger partial charge in [0.05, 0.1) is 23.3 Å². The molecule has 0 atom stereocenters. The van der Waals surface area contributed by atoms with Gasteiger partial charge < -0.3 is 18.6 Å². The van der Waals surface area contributed by atoms with Crippen molar-refractivity contribution in [3.8, 4) is 11.1 Å². The lowest BCUT2D eigenvalue weighted by Gasteiger charge is -2.43. The van der Waals surface area contributed by atoms with Crippen LogP contribution in [0.1, 0.15) is 90.1 Å². The fourth-order valence-corrected chi connectivity index (χ4v) is 9.64. The van der Waals surface area contributed by atoms with Crippen molar-refractivity contribution in [1.82, 2.24) is 0 Å². The number of hydrogen-bond donors (Lipinski definition) is 0. The number of fused-ring (bicyclic) bond motifs is 7. The molecule has 0 aliphatic carbocycles. The molecule has 4 heterocycles. The predicted molar refractivity (Wildman–Crippen MR) is 251 cm³/mol. The number of nitrogens with zero attached hydrogens (tertiary/aromatic N) is 2. The Balaban J connectivity index is 1.28. The van der Waals surface area contributed by atoms with E-state index in [1.54, 1.807) is 0 Å². The Morgan fingerprint density at radius 3 is 1.80 bits per heavy atom. The zero-order valence-corrected chi connectivity index (χ0v) is 36.3. The van der Waals surface area contributed by atoms with Crippen LogP contribution in [0, 0.1) is 13.8 Å². The Labute approximate surface area is 349 Å². The average molecular weight is 773 g/mol. The summed E-state index contributed by atoms with van der Waals surface area (Å²) in [6.07, 6.45) is 1.90. The van der Waals surface area contributed by atoms with Crippen LogP contribution in [-0.2, 0) is 16.2 Å². The fraction of sp³-hybridized carbons (Fsp3) is 0.259. The highest BCUT2D eigenvalue weighted by atomic mass is 16.3. The molecule has 0 radical (unpaired) electrons. The van der Waals surface area contributed by atoms with E-state index in [0.29, 0.717) is 0 Å². The second-order valence-electron chi connectivity index (χ2n) is 20.0. The van der Waals surface area contributed by atoms with Crippen LogP contribution in [0.4, 0.5) is 34.1 Å². The second-order valence-corrected chi connectivity index (χ2v) is 20.0. The maximum atomic E-state index is 7.27. The van der Waals surface area contributed by atoms with E-state index in [9.17, 15) is 0 Å². The summed E-state index contributed by atoms with van der Waals surface area (Å²) in [4.78, 5) is 5.02. The average Bonchev–Trinajstić information content (AvgIpc) is 3.79. The first kappa shape index (κ1) is 37.3. The molecule has 0 spiro atoms. The van der Waals surface area contributed by atoms with Crippen LogP contribution in [0.25, 0.3) is 33.1 Å². The van der Waals surface area contributed by atoms with Crippen LogP contribution >= 0.6 is 0 Å². The summed E-state index contributed by atoms with van der Waals surface area (Å²) in [7, 11) is 0. The van der Waals surface area contributed by atoms with Gasteiger partial charge in [0.15, 0.2) is 0 Å². The predicted octanol–water partition coefficient (Wildman–Crippen LogP) is 13.4. The Morgan fingerprint density at radius 1 is 0.508 bits per heavy atom. The Kier molecular flexibility index (Phi) is 8.09. The van der Waals surface area contributed by atoms with Gasteiger partial charge in [-0.3, -0.25) is 0 Å². The molecule has 0 amide bonds. The number of furan rings is 2. The minimum absolute atomic E-state index is 0.0359. The molecule has 0 fully saturated rings. The molecule has 6 aromatic carbocycles. The minimum Gasteiger partial charge on any atom is -0.468 e. The van der Waals surface area contributed by atoms with Crippen LogP contribution in [0.15, 0.2) is 130 Å². The van der Waals surface area contributed by atoms with E-state index in [-0.39, 0.29) is 23.0 Å². The number of para-hydroxylation sites is 1. The van der Waals surface area contributed by atoms with Crippen molar-refractivity contribution < 1.29 is 8.83 Å². The van der Waals surface area contributed by atoms with Gasteiger partial charge in [0, 0.05) is 39.1 Å². The van der Waals surface area contributed by atoms with E-state index in [2.05, 4.69) is 189 Å². The van der Waals surface area contributed by atoms with Gasteiger partial charge >= 0.3 is 0 Å². The van der Waals surface area contributed by atoms with Crippen molar-refractivity contribution in [3.63, 3.8) is 0 Å². The third-order valence-electron chi connectivity index (χ3n) is 12.8. The molecule has 294 valence electrons. The SMILES string of the molecule is Cc1cc(-c2coc3ccccc23)cc(C)c1N1c2cccc3c2B(c2cc(C(C)(C)C)ccc2N3c2ccc(C(C)(C)C)cc2)c2oc3ccc(C(C)(C)C)cc3c21. The van der Waals surface area contributed by atoms with Crippen molar-refractivity contribution >= 4 is 79.4 Å². The highest BCUT2D eigenvalue weighted by Gasteiger charge is 2.47. The number of hydrogen-bond acceptors (Lipinski definition) is 4. The van der Waals surface area contributed by atoms with E-state index in [4.69, 9.17) is 8.83 Å². The highest BCUT2D eigenvalue weighted by Crippen LogP contribution is 2.49. The van der Waals surface area contributed by atoms with Gasteiger partial charge in [0.25, 0.3) is 6.71 Å². The summed E-state index contributed by atoms with van der Waals surface area (Å²) >= 11 is 0. The maximum absolute atomic E-state index is 7.27. The number of benzene rings is 6. The molecule has 0 N–H and O–H groups in total. The number of rotatable bonds is 3. The largest absolute Gasteiger partial charge is 0.468 e. The van der Waals surface area contributed by atoms with Gasteiger partial charge in [0.2, 0.25) is 0 Å². The van der Waals surface area contributed by atoms with Crippen LogP contribution in [0.3, 0.4) is 0 Å². The summed E-state index contributed by atoms with van der Waals surface area (Å²) in [6.45, 7) is 25.0. The van der Waals surface area contributed by atoms with Gasteiger partial charge in [-0.05, 0) is 135 Å². The van der Waals surface area contributed by atoms with E-state index in [1.807, 2.05) is 18.4 Å². The van der Waals surface area contributed by atoms with E-state index in [1.165, 1.54) is 61.5 Å². The third kappa shape index (κ3) is 5.80. The smallest absolute Gasteiger partial charge is 0.297 e. The van der Waals surface area contributed by atoms with Crippen LogP contribution in [0.5, 0.6) is 0 Å². The Morgan fingerprint density at radius 2 is 1.12 bits per heavy atom. The third-order valence-corrected chi connectivity index (χ3v) is 12.8. The fourth-order valence-electron chi connectivity index (χ4n) is 9.64. The van der Waals surface area contributed by atoms with Crippen LogP contribution in [0.2, 0.25) is 0 Å². The van der Waals surface area contributed by atoms with Crippen molar-refractivity contribution in [2.75, 3.05) is 9.80 Å². The maximum Gasteiger partial charge on any atom is 0.297 e. The molecule has 4 nitrogen and oxygen atoms in total. The van der Waals surface area contributed by atoms with Crippen molar-refractivity contribution in [3.05, 3.63) is 149 Å². The normalized spacial score (nSPS) is 13.9. The summed E-state index contributed by atoms with van der Waals surface area (Å²) in [6, 6.07) is 43.0. The molecule has 0 unspecified atom stereocenters. The first-order valence-corrected chi connectivity index (χ1v) is 21.1. The molecule has 0 bridgehead atoms. The first-order chi connectivity index (χ1) is 28.0. The van der Waals surface area contributed by atoms with Gasteiger partial charge in [-0.2, -0.15) is 0 Å². The second kappa shape index (κ2) is 12.8. The van der Waals surface area contributed by atoms with Gasteiger partial charge in [-0.1, -0.05) is 117 Å². The quantitative estimate of drug-likeness (QED) is 0.167. The van der Waals surface area contributed by atoms with Gasteiger partial charge in [-0.15, -0.1) is 0 Å². The van der Waals surface area contributed by atoms with Crippen molar-refractivity contribution in [2.24, 2.45) is 0 Å². The van der Waals surface area contributed by atoms with Gasteiger partial charge in [0.1, 0.15) is 11.2 Å². The Hall–Kier alpha value is -5.94. The molecule has 2 aliphatic heterocycles. The van der Waals surface area contributed by atoms with Crippen molar-refractivity contribution in [1.29, 1.82) is 0 Å². The number of anilines is 6. The van der Waals surface area contributed by atoms with E-state index in [0.717, 1.165) is 50.1 Å². The minimum atomic E-state index is -0.113. The summed E-state index contributed by atoms with van der Waals surface area (Å²) in [5.41, 5.74) is 20.9. The molecule has 8 aromatic rings.